The lowest BCUT2D eigenvalue weighted by molar-refractivity contribution is -0.148. The Morgan fingerprint density at radius 3 is 2.26 bits per heavy atom. The van der Waals surface area contributed by atoms with Crippen LogP contribution in [0.1, 0.15) is 49.7 Å². The number of phenolic OH excluding ortho intramolecular Hbond substituents is 1. The molecule has 39 heavy (non-hydrogen) atoms. The molecule has 1 aliphatic carbocycles. The third-order valence-corrected chi connectivity index (χ3v) is 7.86. The van der Waals surface area contributed by atoms with Crippen molar-refractivity contribution in [1.82, 2.24) is 10.2 Å². The highest BCUT2D eigenvalue weighted by atomic mass is 16.4. The molecule has 1 saturated carbocycles. The molecule has 5 atom stereocenters. The van der Waals surface area contributed by atoms with Crippen LogP contribution >= 0.6 is 0 Å². The minimum atomic E-state index is -0.967. The standard InChI is InChI=1S/C30H37N3O6/c31-21(16-19-6-2-1-3-7-19)18-27(35)32-25(17-20-11-13-22(34)14-12-20)29(37)33-15-5-10-26(33)28(36)23-8-4-9-24(23)30(38)39/h1-3,6-7,11-14,21,23-26,34H,4-5,8-10,15-18,31H2,(H,32,35)(H,38,39)/t21-,23?,24+,25-,26-/m0/s1. The topological polar surface area (TPSA) is 150 Å². The first-order chi connectivity index (χ1) is 18.7. The van der Waals surface area contributed by atoms with E-state index < -0.39 is 35.9 Å². The van der Waals surface area contributed by atoms with Crippen molar-refractivity contribution in [3.05, 3.63) is 65.7 Å². The van der Waals surface area contributed by atoms with Crippen LogP contribution in [0.2, 0.25) is 0 Å². The highest BCUT2D eigenvalue weighted by Crippen LogP contribution is 2.36. The number of phenols is 1. The van der Waals surface area contributed by atoms with Crippen LogP contribution in [-0.2, 0) is 32.0 Å². The van der Waals surface area contributed by atoms with E-state index in [9.17, 15) is 29.4 Å². The molecule has 0 aromatic heterocycles. The summed E-state index contributed by atoms with van der Waals surface area (Å²) in [5, 5.41) is 22.1. The average molecular weight is 536 g/mol. The quantitative estimate of drug-likeness (QED) is 0.345. The summed E-state index contributed by atoms with van der Waals surface area (Å²) in [5.74, 6) is -3.10. The van der Waals surface area contributed by atoms with E-state index in [0.717, 1.165) is 11.1 Å². The fourth-order valence-electron chi connectivity index (χ4n) is 5.92. The minimum absolute atomic E-state index is 0.0268. The number of rotatable bonds is 11. The molecule has 1 aliphatic heterocycles. The van der Waals surface area contributed by atoms with Crippen molar-refractivity contribution in [3.8, 4) is 5.75 Å². The molecule has 0 spiro atoms. The van der Waals surface area contributed by atoms with Gasteiger partial charge in [0.15, 0.2) is 5.78 Å². The lowest BCUT2D eigenvalue weighted by Crippen LogP contribution is -2.54. The van der Waals surface area contributed by atoms with Crippen LogP contribution < -0.4 is 11.1 Å². The molecule has 2 aliphatic rings. The number of likely N-dealkylation sites (tertiary alicyclic amines) is 1. The third-order valence-electron chi connectivity index (χ3n) is 7.86. The summed E-state index contributed by atoms with van der Waals surface area (Å²) in [7, 11) is 0. The Morgan fingerprint density at radius 1 is 0.897 bits per heavy atom. The number of carboxylic acid groups (broad SMARTS) is 1. The van der Waals surface area contributed by atoms with Crippen LogP contribution in [0.3, 0.4) is 0 Å². The van der Waals surface area contributed by atoms with E-state index in [-0.39, 0.29) is 36.2 Å². The molecular formula is C30H37N3O6. The largest absolute Gasteiger partial charge is 0.508 e. The highest BCUT2D eigenvalue weighted by molar-refractivity contribution is 5.96. The summed E-state index contributed by atoms with van der Waals surface area (Å²) in [5.41, 5.74) is 8.00. The Morgan fingerprint density at radius 2 is 1.56 bits per heavy atom. The molecule has 1 unspecified atom stereocenters. The van der Waals surface area contributed by atoms with Gasteiger partial charge in [-0.1, -0.05) is 48.9 Å². The van der Waals surface area contributed by atoms with Crippen LogP contribution in [0.5, 0.6) is 5.75 Å². The summed E-state index contributed by atoms with van der Waals surface area (Å²) in [6.07, 6.45) is 3.49. The summed E-state index contributed by atoms with van der Waals surface area (Å²) in [6, 6.07) is 14.0. The molecule has 1 saturated heterocycles. The van der Waals surface area contributed by atoms with Crippen LogP contribution in [0, 0.1) is 11.8 Å². The number of amides is 2. The Labute approximate surface area is 228 Å². The molecule has 2 aromatic carbocycles. The second kappa shape index (κ2) is 12.9. The van der Waals surface area contributed by atoms with Crippen molar-refractivity contribution in [2.75, 3.05) is 6.54 Å². The van der Waals surface area contributed by atoms with Gasteiger partial charge in [0.25, 0.3) is 0 Å². The maximum Gasteiger partial charge on any atom is 0.307 e. The maximum absolute atomic E-state index is 13.8. The Bertz CT molecular complexity index is 1170. The number of benzene rings is 2. The Hall–Kier alpha value is -3.72. The second-order valence-electron chi connectivity index (χ2n) is 10.7. The van der Waals surface area contributed by atoms with Gasteiger partial charge in [0.1, 0.15) is 11.8 Å². The molecular weight excluding hydrogens is 498 g/mol. The molecule has 5 N–H and O–H groups in total. The lowest BCUT2D eigenvalue weighted by Gasteiger charge is -2.31. The number of ketones is 1. The highest BCUT2D eigenvalue weighted by Gasteiger charge is 2.45. The van der Waals surface area contributed by atoms with Crippen molar-refractivity contribution < 1.29 is 29.4 Å². The molecule has 0 radical (unpaired) electrons. The fourth-order valence-corrected chi connectivity index (χ4v) is 5.92. The molecule has 0 bridgehead atoms. The molecule has 9 heteroatoms. The van der Waals surface area contributed by atoms with Crippen molar-refractivity contribution >= 4 is 23.6 Å². The van der Waals surface area contributed by atoms with Gasteiger partial charge in [-0.2, -0.15) is 0 Å². The zero-order chi connectivity index (χ0) is 27.9. The first kappa shape index (κ1) is 28.3. The number of carboxylic acids is 1. The fraction of sp³-hybridized carbons (Fsp3) is 0.467. The van der Waals surface area contributed by atoms with Gasteiger partial charge < -0.3 is 26.2 Å². The van der Waals surface area contributed by atoms with Gasteiger partial charge in [-0.05, 0) is 55.4 Å². The van der Waals surface area contributed by atoms with Gasteiger partial charge in [-0.3, -0.25) is 19.2 Å². The van der Waals surface area contributed by atoms with Crippen LogP contribution in [-0.4, -0.2) is 63.4 Å². The van der Waals surface area contributed by atoms with Crippen molar-refractivity contribution in [1.29, 1.82) is 0 Å². The molecule has 9 nitrogen and oxygen atoms in total. The van der Waals surface area contributed by atoms with Crippen molar-refractivity contribution in [2.45, 2.75) is 69.5 Å². The zero-order valence-electron chi connectivity index (χ0n) is 22.0. The average Bonchev–Trinajstić information content (AvgIpc) is 3.60. The van der Waals surface area contributed by atoms with Crippen LogP contribution in [0.15, 0.2) is 54.6 Å². The molecule has 2 fully saturated rings. The minimum Gasteiger partial charge on any atom is -0.508 e. The number of carbonyl (C=O) groups excluding carboxylic acids is 3. The van der Waals surface area contributed by atoms with Gasteiger partial charge in [-0.25, -0.2) is 0 Å². The van der Waals surface area contributed by atoms with Crippen molar-refractivity contribution in [3.63, 3.8) is 0 Å². The van der Waals surface area contributed by atoms with E-state index in [2.05, 4.69) is 5.32 Å². The predicted molar refractivity (Wildman–Crippen MR) is 145 cm³/mol. The van der Waals surface area contributed by atoms with E-state index in [1.165, 1.54) is 17.0 Å². The van der Waals surface area contributed by atoms with Gasteiger partial charge in [0.2, 0.25) is 11.8 Å². The predicted octanol–water partition coefficient (Wildman–Crippen LogP) is 2.44. The number of hydrogen-bond donors (Lipinski definition) is 4. The number of nitrogens with one attached hydrogen (secondary N) is 1. The summed E-state index contributed by atoms with van der Waals surface area (Å²) in [6.45, 7) is 0.370. The Kier molecular flexibility index (Phi) is 9.35. The van der Waals surface area contributed by atoms with Gasteiger partial charge >= 0.3 is 5.97 Å². The van der Waals surface area contributed by atoms with Crippen molar-refractivity contribution in [2.24, 2.45) is 17.6 Å². The van der Waals surface area contributed by atoms with E-state index in [1.807, 2.05) is 30.3 Å². The van der Waals surface area contributed by atoms with E-state index in [1.54, 1.807) is 12.1 Å². The number of carbonyl (C=O) groups is 4. The number of aliphatic carboxylic acids is 1. The Balaban J connectivity index is 1.48. The third kappa shape index (κ3) is 7.23. The van der Waals surface area contributed by atoms with Gasteiger partial charge in [0, 0.05) is 31.3 Å². The zero-order valence-corrected chi connectivity index (χ0v) is 22.0. The number of nitrogens with two attached hydrogens (primary N) is 1. The first-order valence-electron chi connectivity index (χ1n) is 13.7. The maximum atomic E-state index is 13.8. The molecule has 4 rings (SSSR count). The number of hydrogen-bond acceptors (Lipinski definition) is 6. The number of Topliss-reactive ketones (excluding diaryl/α,β-unsaturated/α-hetero) is 1. The smallest absolute Gasteiger partial charge is 0.307 e. The normalized spacial score (nSPS) is 22.3. The number of nitrogens with zero attached hydrogens (tertiary/aromatic N) is 1. The van der Waals surface area contributed by atoms with E-state index in [0.29, 0.717) is 45.1 Å². The second-order valence-corrected chi connectivity index (χ2v) is 10.7. The van der Waals surface area contributed by atoms with Gasteiger partial charge in [-0.15, -0.1) is 0 Å². The number of aromatic hydroxyl groups is 1. The first-order valence-corrected chi connectivity index (χ1v) is 13.7. The van der Waals surface area contributed by atoms with E-state index >= 15 is 0 Å². The van der Waals surface area contributed by atoms with Crippen LogP contribution in [0.4, 0.5) is 0 Å². The molecule has 1 heterocycles. The SMILES string of the molecule is N[C@H](CC(=O)N[C@@H](Cc1ccc(O)cc1)C(=O)N1CCC[C@H]1C(=O)C1CCC[C@H]1C(=O)O)Cc1ccccc1. The van der Waals surface area contributed by atoms with Crippen LogP contribution in [0.25, 0.3) is 0 Å². The molecule has 2 amide bonds. The lowest BCUT2D eigenvalue weighted by atomic mass is 9.87. The summed E-state index contributed by atoms with van der Waals surface area (Å²) < 4.78 is 0. The molecule has 2 aromatic rings. The summed E-state index contributed by atoms with van der Waals surface area (Å²) in [4.78, 5) is 53.5. The molecule has 208 valence electrons. The van der Waals surface area contributed by atoms with Gasteiger partial charge in [0.05, 0.1) is 12.0 Å². The monoisotopic (exact) mass is 535 g/mol. The summed E-state index contributed by atoms with van der Waals surface area (Å²) >= 11 is 0. The van der Waals surface area contributed by atoms with E-state index in [4.69, 9.17) is 5.73 Å².